The Kier molecular flexibility index (Phi) is 3.45. The number of hydrogen-bond donors (Lipinski definition) is 1. The zero-order valence-corrected chi connectivity index (χ0v) is 11.3. The highest BCUT2D eigenvalue weighted by Gasteiger charge is 2.23. The summed E-state index contributed by atoms with van der Waals surface area (Å²) in [5, 5.41) is 6.98. The smallest absolute Gasteiger partial charge is 0.107 e. The van der Waals surface area contributed by atoms with Crippen molar-refractivity contribution < 1.29 is 0 Å². The van der Waals surface area contributed by atoms with Crippen molar-refractivity contribution in [1.29, 1.82) is 0 Å². The van der Waals surface area contributed by atoms with E-state index in [0.717, 1.165) is 25.2 Å². The van der Waals surface area contributed by atoms with Gasteiger partial charge in [-0.05, 0) is 32.7 Å². The summed E-state index contributed by atoms with van der Waals surface area (Å²) < 4.78 is 0. The lowest BCUT2D eigenvalue weighted by Gasteiger charge is -2.34. The van der Waals surface area contributed by atoms with Gasteiger partial charge in [-0.25, -0.2) is 4.98 Å². The Hall–Kier alpha value is -0.450. The molecule has 3 nitrogen and oxygen atoms in total. The first-order valence-electron chi connectivity index (χ1n) is 6.68. The molecule has 0 spiro atoms. The van der Waals surface area contributed by atoms with Crippen LogP contribution < -0.4 is 5.32 Å². The maximum Gasteiger partial charge on any atom is 0.107 e. The van der Waals surface area contributed by atoms with Crippen LogP contribution >= 0.6 is 11.3 Å². The Balaban J connectivity index is 1.48. The Morgan fingerprint density at radius 3 is 2.88 bits per heavy atom. The van der Waals surface area contributed by atoms with Crippen LogP contribution in [-0.4, -0.2) is 29.0 Å². The van der Waals surface area contributed by atoms with Crippen LogP contribution in [0.15, 0.2) is 5.38 Å². The number of hydrogen-bond acceptors (Lipinski definition) is 4. The predicted molar refractivity (Wildman–Crippen MR) is 71.1 cm³/mol. The average molecular weight is 251 g/mol. The maximum atomic E-state index is 4.71. The van der Waals surface area contributed by atoms with Crippen LogP contribution in [0.4, 0.5) is 0 Å². The molecule has 1 aromatic heterocycles. The largest absolute Gasteiger partial charge is 0.308 e. The van der Waals surface area contributed by atoms with Gasteiger partial charge in [0, 0.05) is 30.6 Å². The fourth-order valence-electron chi connectivity index (χ4n) is 2.23. The zero-order valence-electron chi connectivity index (χ0n) is 10.5. The Labute approximate surface area is 107 Å². The van der Waals surface area contributed by atoms with E-state index in [0.29, 0.717) is 0 Å². The number of aromatic nitrogens is 1. The van der Waals surface area contributed by atoms with Gasteiger partial charge in [0.25, 0.3) is 0 Å². The van der Waals surface area contributed by atoms with Crippen LogP contribution in [0.5, 0.6) is 0 Å². The molecule has 2 fully saturated rings. The third kappa shape index (κ3) is 3.06. The molecule has 0 atom stereocenters. The second-order valence-electron chi connectivity index (χ2n) is 5.39. The molecule has 94 valence electrons. The van der Waals surface area contributed by atoms with Crippen LogP contribution in [0.2, 0.25) is 0 Å². The van der Waals surface area contributed by atoms with Gasteiger partial charge in [-0.15, -0.1) is 11.3 Å². The van der Waals surface area contributed by atoms with Crippen molar-refractivity contribution in [3.8, 4) is 0 Å². The molecular formula is C13H21N3S. The van der Waals surface area contributed by atoms with Crippen molar-refractivity contribution in [3.05, 3.63) is 16.1 Å². The second-order valence-corrected chi connectivity index (χ2v) is 6.33. The number of thiazole rings is 1. The van der Waals surface area contributed by atoms with Gasteiger partial charge in [0.15, 0.2) is 0 Å². The summed E-state index contributed by atoms with van der Waals surface area (Å²) in [4.78, 5) is 7.16. The lowest BCUT2D eigenvalue weighted by molar-refractivity contribution is 0.151. The van der Waals surface area contributed by atoms with E-state index in [1.807, 2.05) is 0 Å². The summed E-state index contributed by atoms with van der Waals surface area (Å²) in [6.07, 6.45) is 6.85. The SMILES string of the molecule is CN(Cc1csc(CNC2CC2)n1)C1CCC1. The fourth-order valence-corrected chi connectivity index (χ4v) is 2.97. The third-order valence-corrected chi connectivity index (χ3v) is 4.73. The Bertz CT molecular complexity index is 368. The molecule has 2 aliphatic carbocycles. The lowest BCUT2D eigenvalue weighted by atomic mass is 9.92. The van der Waals surface area contributed by atoms with Crippen molar-refractivity contribution in [2.75, 3.05) is 7.05 Å². The molecule has 0 aromatic carbocycles. The molecule has 17 heavy (non-hydrogen) atoms. The lowest BCUT2D eigenvalue weighted by Crippen LogP contribution is -2.36. The molecule has 0 radical (unpaired) electrons. The second kappa shape index (κ2) is 5.04. The highest BCUT2D eigenvalue weighted by atomic mass is 32.1. The van der Waals surface area contributed by atoms with Crippen molar-refractivity contribution in [2.45, 2.75) is 57.3 Å². The van der Waals surface area contributed by atoms with E-state index in [9.17, 15) is 0 Å². The van der Waals surface area contributed by atoms with Crippen LogP contribution in [0.25, 0.3) is 0 Å². The van der Waals surface area contributed by atoms with Gasteiger partial charge in [-0.1, -0.05) is 6.42 Å². The van der Waals surface area contributed by atoms with Gasteiger partial charge in [0.05, 0.1) is 5.69 Å². The van der Waals surface area contributed by atoms with Crippen LogP contribution in [0.3, 0.4) is 0 Å². The van der Waals surface area contributed by atoms with Crippen molar-refractivity contribution >= 4 is 11.3 Å². The average Bonchev–Trinajstić information content (AvgIpc) is 2.95. The highest BCUT2D eigenvalue weighted by molar-refractivity contribution is 7.09. The quantitative estimate of drug-likeness (QED) is 0.841. The molecule has 2 aliphatic rings. The van der Waals surface area contributed by atoms with Crippen molar-refractivity contribution in [1.82, 2.24) is 15.2 Å². The molecule has 0 unspecified atom stereocenters. The van der Waals surface area contributed by atoms with E-state index in [2.05, 4.69) is 22.6 Å². The van der Waals surface area contributed by atoms with E-state index >= 15 is 0 Å². The monoisotopic (exact) mass is 251 g/mol. The molecule has 1 aromatic rings. The first-order valence-corrected chi connectivity index (χ1v) is 7.56. The molecule has 4 heteroatoms. The molecule has 0 bridgehead atoms. The normalized spacial score (nSPS) is 20.8. The minimum atomic E-state index is 0.778. The number of nitrogens with one attached hydrogen (secondary N) is 1. The van der Waals surface area contributed by atoms with Gasteiger partial charge in [-0.3, -0.25) is 4.90 Å². The molecule has 1 N–H and O–H groups in total. The Morgan fingerprint density at radius 2 is 2.24 bits per heavy atom. The van der Waals surface area contributed by atoms with E-state index in [1.165, 1.54) is 42.8 Å². The molecule has 1 heterocycles. The van der Waals surface area contributed by atoms with Gasteiger partial charge in [-0.2, -0.15) is 0 Å². The summed E-state index contributed by atoms with van der Waals surface area (Å²) in [6.45, 7) is 1.98. The van der Waals surface area contributed by atoms with E-state index < -0.39 is 0 Å². The van der Waals surface area contributed by atoms with Crippen LogP contribution in [-0.2, 0) is 13.1 Å². The summed E-state index contributed by atoms with van der Waals surface area (Å²) >= 11 is 1.80. The van der Waals surface area contributed by atoms with E-state index in [-0.39, 0.29) is 0 Å². The van der Waals surface area contributed by atoms with Gasteiger partial charge in [0.1, 0.15) is 5.01 Å². The topological polar surface area (TPSA) is 28.2 Å². The standard InChI is InChI=1S/C13H21N3S/c1-16(12-3-2-4-12)8-11-9-17-13(15-11)7-14-10-5-6-10/h9-10,12,14H,2-8H2,1H3. The van der Waals surface area contributed by atoms with Crippen molar-refractivity contribution in [2.24, 2.45) is 0 Å². The molecule has 2 saturated carbocycles. The van der Waals surface area contributed by atoms with Crippen molar-refractivity contribution in [3.63, 3.8) is 0 Å². The third-order valence-electron chi connectivity index (χ3n) is 3.83. The summed E-state index contributed by atoms with van der Waals surface area (Å²) in [5.74, 6) is 0. The molecular weight excluding hydrogens is 230 g/mol. The summed E-state index contributed by atoms with van der Waals surface area (Å²) in [6, 6.07) is 1.59. The van der Waals surface area contributed by atoms with Crippen LogP contribution in [0, 0.1) is 0 Å². The molecule has 3 rings (SSSR count). The van der Waals surface area contributed by atoms with Gasteiger partial charge in [0.2, 0.25) is 0 Å². The van der Waals surface area contributed by atoms with Gasteiger partial charge >= 0.3 is 0 Å². The minimum Gasteiger partial charge on any atom is -0.308 e. The highest BCUT2D eigenvalue weighted by Crippen LogP contribution is 2.25. The van der Waals surface area contributed by atoms with Gasteiger partial charge < -0.3 is 5.32 Å². The first-order chi connectivity index (χ1) is 8.31. The number of nitrogens with zero attached hydrogens (tertiary/aromatic N) is 2. The maximum absolute atomic E-state index is 4.71. The van der Waals surface area contributed by atoms with E-state index in [4.69, 9.17) is 4.98 Å². The summed E-state index contributed by atoms with van der Waals surface area (Å²) in [7, 11) is 2.23. The van der Waals surface area contributed by atoms with E-state index in [1.54, 1.807) is 11.3 Å². The first kappa shape index (κ1) is 11.6. The Morgan fingerprint density at radius 1 is 1.41 bits per heavy atom. The predicted octanol–water partition coefficient (Wildman–Crippen LogP) is 2.38. The molecule has 0 aliphatic heterocycles. The van der Waals surface area contributed by atoms with Crippen LogP contribution in [0.1, 0.15) is 42.8 Å². The number of rotatable bonds is 6. The molecule has 0 amide bonds. The summed E-state index contributed by atoms with van der Waals surface area (Å²) in [5.41, 5.74) is 1.25. The molecule has 0 saturated heterocycles. The minimum absolute atomic E-state index is 0.778. The zero-order chi connectivity index (χ0) is 11.7. The fraction of sp³-hybridized carbons (Fsp3) is 0.769.